The number of fused-ring (bicyclic) bond motifs is 1. The van der Waals surface area contributed by atoms with E-state index in [0.717, 1.165) is 36.5 Å². The normalized spacial score (nSPS) is 13.3. The quantitative estimate of drug-likeness (QED) is 0.531. The Morgan fingerprint density at radius 2 is 1.66 bits per heavy atom. The largest absolute Gasteiger partial charge is 0.367 e. The van der Waals surface area contributed by atoms with E-state index in [9.17, 15) is 4.39 Å². The molecule has 1 aliphatic rings. The number of rotatable bonds is 4. The summed E-state index contributed by atoms with van der Waals surface area (Å²) in [4.78, 5) is 11.2. The zero-order valence-corrected chi connectivity index (χ0v) is 15.9. The van der Waals surface area contributed by atoms with Gasteiger partial charge in [-0.3, -0.25) is 4.68 Å². The molecule has 0 fully saturated rings. The fraction of sp³-hybridized carbons (Fsp3) is 0.174. The molecule has 144 valence electrons. The number of para-hydroxylation sites is 1. The van der Waals surface area contributed by atoms with E-state index in [0.29, 0.717) is 17.9 Å². The summed E-state index contributed by atoms with van der Waals surface area (Å²) in [6.07, 6.45) is 4.28. The molecule has 3 heterocycles. The average molecular weight is 385 g/mol. The van der Waals surface area contributed by atoms with Crippen molar-refractivity contribution in [1.29, 1.82) is 0 Å². The third kappa shape index (κ3) is 3.38. The van der Waals surface area contributed by atoms with Crippen LogP contribution in [0.4, 0.5) is 10.1 Å². The maximum Gasteiger partial charge on any atom is 0.180 e. The number of anilines is 1. The second-order valence-electron chi connectivity index (χ2n) is 7.10. The molecule has 0 saturated heterocycles. The van der Waals surface area contributed by atoms with Gasteiger partial charge < -0.3 is 4.90 Å². The molecule has 29 heavy (non-hydrogen) atoms. The van der Waals surface area contributed by atoms with Gasteiger partial charge in [0.25, 0.3) is 0 Å². The lowest BCUT2D eigenvalue weighted by molar-refractivity contribution is 0.568. The summed E-state index contributed by atoms with van der Waals surface area (Å²) < 4.78 is 16.2. The first kappa shape index (κ1) is 17.6. The Kier molecular flexibility index (Phi) is 4.52. The number of hydrogen-bond acceptors (Lipinski definition) is 4. The Balaban J connectivity index is 1.57. The third-order valence-corrected chi connectivity index (χ3v) is 5.31. The fourth-order valence-corrected chi connectivity index (χ4v) is 3.87. The first-order chi connectivity index (χ1) is 14.3. The van der Waals surface area contributed by atoms with Gasteiger partial charge in [-0.2, -0.15) is 5.10 Å². The van der Waals surface area contributed by atoms with E-state index >= 15 is 0 Å². The minimum Gasteiger partial charge on any atom is -0.367 e. The summed E-state index contributed by atoms with van der Waals surface area (Å²) in [5, 5.41) is 4.82. The molecule has 5 rings (SSSR count). The van der Waals surface area contributed by atoms with Gasteiger partial charge >= 0.3 is 0 Å². The zero-order valence-electron chi connectivity index (χ0n) is 15.9. The average Bonchev–Trinajstić information content (AvgIpc) is 3.14. The number of benzene rings is 2. The Morgan fingerprint density at radius 1 is 0.897 bits per heavy atom. The van der Waals surface area contributed by atoms with Crippen molar-refractivity contribution in [3.63, 3.8) is 0 Å². The summed E-state index contributed by atoms with van der Waals surface area (Å²) in [6.45, 7) is 2.01. The topological polar surface area (TPSA) is 46.8 Å². The molecule has 4 aromatic rings. The highest BCUT2D eigenvalue weighted by Crippen LogP contribution is 2.31. The smallest absolute Gasteiger partial charge is 0.180 e. The van der Waals surface area contributed by atoms with E-state index in [1.54, 1.807) is 30.6 Å². The summed E-state index contributed by atoms with van der Waals surface area (Å²) in [6, 6.07) is 19.0. The second kappa shape index (κ2) is 7.47. The zero-order chi connectivity index (χ0) is 19.6. The van der Waals surface area contributed by atoms with Gasteiger partial charge in [0.2, 0.25) is 0 Å². The molecule has 6 heteroatoms. The van der Waals surface area contributed by atoms with Gasteiger partial charge in [0.15, 0.2) is 5.82 Å². The summed E-state index contributed by atoms with van der Waals surface area (Å²) in [5.74, 6) is 0.391. The van der Waals surface area contributed by atoms with E-state index in [-0.39, 0.29) is 5.82 Å². The first-order valence-corrected chi connectivity index (χ1v) is 9.69. The Morgan fingerprint density at radius 3 is 2.45 bits per heavy atom. The van der Waals surface area contributed by atoms with Crippen LogP contribution in [0.2, 0.25) is 0 Å². The molecular formula is C23H20FN5. The molecule has 2 aromatic carbocycles. The van der Waals surface area contributed by atoms with Crippen LogP contribution in [0.1, 0.15) is 16.8 Å². The number of hydrogen-bond donors (Lipinski definition) is 0. The molecular weight excluding hydrogens is 365 g/mol. The Bertz CT molecular complexity index is 1120. The SMILES string of the molecule is Fc1ccccc1Cn1nc(-c2ncccn2)c2c1CCN(c1ccccc1)C2. The van der Waals surface area contributed by atoms with Crippen LogP contribution in [0, 0.1) is 5.82 Å². The van der Waals surface area contributed by atoms with Gasteiger partial charge in [0, 0.05) is 54.4 Å². The highest BCUT2D eigenvalue weighted by molar-refractivity contribution is 5.60. The predicted molar refractivity (Wildman–Crippen MR) is 110 cm³/mol. The van der Waals surface area contributed by atoms with Gasteiger partial charge in [-0.05, 0) is 24.3 Å². The number of nitrogens with zero attached hydrogens (tertiary/aromatic N) is 5. The molecule has 0 N–H and O–H groups in total. The maximum atomic E-state index is 14.2. The lowest BCUT2D eigenvalue weighted by atomic mass is 10.0. The van der Waals surface area contributed by atoms with E-state index in [2.05, 4.69) is 27.0 Å². The fourth-order valence-electron chi connectivity index (χ4n) is 3.87. The minimum atomic E-state index is -0.212. The molecule has 0 spiro atoms. The van der Waals surface area contributed by atoms with E-state index in [1.165, 1.54) is 11.8 Å². The molecule has 5 nitrogen and oxygen atoms in total. The highest BCUT2D eigenvalue weighted by atomic mass is 19.1. The van der Waals surface area contributed by atoms with Crippen LogP contribution in [0.15, 0.2) is 73.1 Å². The van der Waals surface area contributed by atoms with Gasteiger partial charge in [0.1, 0.15) is 11.5 Å². The Labute approximate surface area is 168 Å². The van der Waals surface area contributed by atoms with Crippen molar-refractivity contribution in [2.45, 2.75) is 19.5 Å². The van der Waals surface area contributed by atoms with Crippen LogP contribution in [0.5, 0.6) is 0 Å². The van der Waals surface area contributed by atoms with Crippen LogP contribution in [-0.4, -0.2) is 26.3 Å². The third-order valence-electron chi connectivity index (χ3n) is 5.31. The summed E-state index contributed by atoms with van der Waals surface area (Å²) in [7, 11) is 0. The van der Waals surface area contributed by atoms with Crippen molar-refractivity contribution in [3.8, 4) is 11.5 Å². The van der Waals surface area contributed by atoms with Crippen molar-refractivity contribution < 1.29 is 4.39 Å². The van der Waals surface area contributed by atoms with Crippen molar-refractivity contribution in [1.82, 2.24) is 19.7 Å². The molecule has 0 bridgehead atoms. The van der Waals surface area contributed by atoms with Gasteiger partial charge in [-0.25, -0.2) is 14.4 Å². The first-order valence-electron chi connectivity index (χ1n) is 9.69. The lowest BCUT2D eigenvalue weighted by Gasteiger charge is -2.29. The summed E-state index contributed by atoms with van der Waals surface area (Å²) >= 11 is 0. The molecule has 0 amide bonds. The van der Waals surface area contributed by atoms with Gasteiger partial charge in [-0.1, -0.05) is 36.4 Å². The Hall–Kier alpha value is -3.54. The van der Waals surface area contributed by atoms with Crippen molar-refractivity contribution >= 4 is 5.69 Å². The maximum absolute atomic E-state index is 14.2. The highest BCUT2D eigenvalue weighted by Gasteiger charge is 2.27. The number of aromatic nitrogens is 4. The minimum absolute atomic E-state index is 0.212. The van der Waals surface area contributed by atoms with Crippen LogP contribution in [0.25, 0.3) is 11.5 Å². The number of halogens is 1. The van der Waals surface area contributed by atoms with Crippen LogP contribution >= 0.6 is 0 Å². The van der Waals surface area contributed by atoms with E-state index in [4.69, 9.17) is 5.10 Å². The lowest BCUT2D eigenvalue weighted by Crippen LogP contribution is -2.31. The van der Waals surface area contributed by atoms with Crippen LogP contribution in [0.3, 0.4) is 0 Å². The molecule has 2 aromatic heterocycles. The van der Waals surface area contributed by atoms with Crippen LogP contribution < -0.4 is 4.90 Å². The molecule has 0 radical (unpaired) electrons. The van der Waals surface area contributed by atoms with Crippen LogP contribution in [-0.2, 0) is 19.5 Å². The van der Waals surface area contributed by atoms with Crippen molar-refractivity contribution in [2.75, 3.05) is 11.4 Å². The molecule has 0 aliphatic carbocycles. The van der Waals surface area contributed by atoms with Gasteiger partial charge in [0.05, 0.1) is 6.54 Å². The standard InChI is InChI=1S/C23H20FN5/c24-20-10-5-4-7-17(20)15-29-21-11-14-28(18-8-2-1-3-9-18)16-19(21)22(27-29)23-25-12-6-13-26-23/h1-10,12-13H,11,14-16H2. The molecule has 0 unspecified atom stereocenters. The van der Waals surface area contributed by atoms with E-state index < -0.39 is 0 Å². The van der Waals surface area contributed by atoms with E-state index in [1.807, 2.05) is 28.9 Å². The summed E-state index contributed by atoms with van der Waals surface area (Å²) in [5.41, 5.74) is 4.83. The van der Waals surface area contributed by atoms with Gasteiger partial charge in [-0.15, -0.1) is 0 Å². The van der Waals surface area contributed by atoms with Crippen molar-refractivity contribution in [3.05, 3.63) is 95.7 Å². The second-order valence-corrected chi connectivity index (χ2v) is 7.10. The molecule has 1 aliphatic heterocycles. The monoisotopic (exact) mass is 385 g/mol. The predicted octanol–water partition coefficient (Wildman–Crippen LogP) is 4.09. The van der Waals surface area contributed by atoms with Crippen molar-refractivity contribution in [2.24, 2.45) is 0 Å². The molecule has 0 atom stereocenters. The molecule has 0 saturated carbocycles.